The van der Waals surface area contributed by atoms with Crippen molar-refractivity contribution in [2.24, 2.45) is 0 Å². The molecule has 0 saturated heterocycles. The third-order valence-corrected chi connectivity index (χ3v) is 1.41. The number of hydrogen-bond acceptors (Lipinski definition) is 13. The van der Waals surface area contributed by atoms with Crippen molar-refractivity contribution in [3.63, 3.8) is 0 Å². The number of hydrogen-bond donors (Lipinski definition) is 11. The van der Waals surface area contributed by atoms with Crippen LogP contribution in [0, 0.1) is 0 Å². The van der Waals surface area contributed by atoms with Crippen LogP contribution in [0.15, 0.2) is 22.9 Å². The topological polar surface area (TPSA) is 407 Å². The molecule has 0 atom stereocenters. The van der Waals surface area contributed by atoms with E-state index in [1.54, 1.807) is 13.3 Å². The first-order valence-electron chi connectivity index (χ1n) is 2.48. The van der Waals surface area contributed by atoms with Crippen LogP contribution in [-0.2, 0) is 0 Å². The van der Waals surface area contributed by atoms with E-state index in [0.717, 1.165) is 10.4 Å². The fraction of sp³-hybridized carbons (Fsp3) is 0.167. The third kappa shape index (κ3) is 36.0. The first-order chi connectivity index (χ1) is 4.33. The molecule has 1 aromatic rings. The monoisotopic (exact) mass is 374 g/mol. The number of rotatable bonds is 1. The van der Waals surface area contributed by atoms with E-state index in [1.807, 2.05) is 12.1 Å². The van der Waals surface area contributed by atoms with Gasteiger partial charge in [0.2, 0.25) is 0 Å². The van der Waals surface area contributed by atoms with Crippen molar-refractivity contribution in [1.82, 2.24) is 72.6 Å². The number of ether oxygens (including phenoxy) is 1. The lowest BCUT2D eigenvalue weighted by Gasteiger charge is -1.95. The van der Waals surface area contributed by atoms with Gasteiger partial charge in [-0.2, -0.15) is 0 Å². The van der Waals surface area contributed by atoms with Crippen LogP contribution in [0.5, 0.6) is 5.75 Å². The van der Waals surface area contributed by atoms with E-state index >= 15 is 0 Å². The minimum absolute atomic E-state index is 0. The molecule has 0 aromatic carbocycles. The molecular weight excluding hydrogens is 336 g/mol. The van der Waals surface area contributed by atoms with Gasteiger partial charge in [-0.3, -0.25) is 0 Å². The van der Waals surface area contributed by atoms with Crippen LogP contribution >= 0.6 is 15.9 Å². The van der Waals surface area contributed by atoms with Gasteiger partial charge >= 0.3 is 0 Å². The summed E-state index contributed by atoms with van der Waals surface area (Å²) in [6.07, 6.45) is 1.66. The molecule has 20 heavy (non-hydrogen) atoms. The fourth-order valence-electron chi connectivity index (χ4n) is 0.483. The Labute approximate surface area is 129 Å². The van der Waals surface area contributed by atoms with Crippen molar-refractivity contribution in [2.45, 2.75) is 0 Å². The van der Waals surface area contributed by atoms with Crippen molar-refractivity contribution in [3.05, 3.63) is 22.9 Å². The minimum Gasteiger partial charge on any atom is -0.495 e. The molecule has 0 spiro atoms. The van der Waals surface area contributed by atoms with Crippen LogP contribution < -0.4 is 72.4 Å². The normalized spacial score (nSPS) is 4.10. The molecule has 0 amide bonds. The van der Waals surface area contributed by atoms with Crippen LogP contribution in [0.1, 0.15) is 0 Å². The van der Waals surface area contributed by atoms with Crippen molar-refractivity contribution < 1.29 is 4.74 Å². The molecule has 0 aliphatic heterocycles. The number of methoxy groups -OCH3 is 1. The Balaban J connectivity index is -0.00000000818. The minimum atomic E-state index is 0. The molecule has 0 unspecified atom stereocenters. The Hall–Kier alpha value is -1.01. The Morgan fingerprint density at radius 3 is 1.30 bits per heavy atom. The quantitative estimate of drug-likeness (QED) is 0.312. The van der Waals surface area contributed by atoms with Crippen molar-refractivity contribution in [1.29, 1.82) is 0 Å². The number of pyridine rings is 1. The van der Waals surface area contributed by atoms with E-state index in [1.165, 1.54) is 0 Å². The summed E-state index contributed by atoms with van der Waals surface area (Å²) in [6.45, 7) is 0. The highest BCUT2D eigenvalue weighted by atomic mass is 79.9. The van der Waals surface area contributed by atoms with E-state index in [9.17, 15) is 0 Å². The maximum absolute atomic E-state index is 4.89. The van der Waals surface area contributed by atoms with E-state index in [2.05, 4.69) is 20.9 Å². The van der Waals surface area contributed by atoms with Gasteiger partial charge in [0.15, 0.2) is 0 Å². The summed E-state index contributed by atoms with van der Waals surface area (Å²) in [7, 11) is 1.62. The molecule has 1 rings (SSSR count). The molecule has 0 saturated carbocycles. The molecule has 0 aliphatic rings. The van der Waals surface area contributed by atoms with Gasteiger partial charge in [-0.05, 0) is 28.1 Å². The summed E-state index contributed by atoms with van der Waals surface area (Å²) < 4.78 is 5.71. The van der Waals surface area contributed by atoms with Crippen LogP contribution in [0.25, 0.3) is 0 Å². The maximum Gasteiger partial charge on any atom is 0.137 e. The van der Waals surface area contributed by atoms with Crippen molar-refractivity contribution in [3.8, 4) is 5.75 Å². The number of aromatic nitrogens is 1. The Morgan fingerprint density at radius 2 is 1.10 bits per heavy atom. The second-order valence-electron chi connectivity index (χ2n) is 1.52. The third-order valence-electron chi connectivity index (χ3n) is 0.936. The average molecular weight is 375 g/mol. The van der Waals surface area contributed by atoms with Crippen molar-refractivity contribution in [2.75, 3.05) is 7.11 Å². The zero-order valence-electron chi connectivity index (χ0n) is 12.7. The zero-order valence-corrected chi connectivity index (χ0v) is 14.3. The van der Waals surface area contributed by atoms with Crippen LogP contribution in [-0.4, -0.2) is 12.1 Å². The molecule has 136 valence electrons. The molecule has 1 aromatic heterocycles. The maximum atomic E-state index is 4.89. The summed E-state index contributed by atoms with van der Waals surface area (Å²) in [4.78, 5) is 3.94. The SMILES string of the molecule is COc1ccc(Br)nc1.N.N.N.N.N.N.N.N.N.N.N. The predicted molar refractivity (Wildman–Crippen MR) is 93.7 cm³/mol. The molecule has 0 fully saturated rings. The Morgan fingerprint density at radius 1 is 0.750 bits per heavy atom. The summed E-state index contributed by atoms with van der Waals surface area (Å²) in [5.41, 5.74) is 0. The molecule has 0 radical (unpaired) electrons. The van der Waals surface area contributed by atoms with Gasteiger partial charge in [0.05, 0.1) is 13.3 Å². The molecule has 13 nitrogen and oxygen atoms in total. The van der Waals surface area contributed by atoms with Gasteiger partial charge in [-0.1, -0.05) is 0 Å². The lowest BCUT2D eigenvalue weighted by Crippen LogP contribution is -1.82. The highest BCUT2D eigenvalue weighted by Crippen LogP contribution is 2.11. The average Bonchev–Trinajstić information content (AvgIpc) is 1.90. The summed E-state index contributed by atoms with van der Waals surface area (Å²) in [5, 5.41) is 0. The van der Waals surface area contributed by atoms with E-state index in [0.29, 0.717) is 0 Å². The lowest BCUT2D eigenvalue weighted by molar-refractivity contribution is 0.412. The lowest BCUT2D eigenvalue weighted by atomic mass is 10.5. The van der Waals surface area contributed by atoms with Crippen LogP contribution in [0.2, 0.25) is 0 Å². The standard InChI is InChI=1S/C6H6BrNO.11H3N/c1-9-5-2-3-6(7)8-4-5;;;;;;;;;;;/h2-4H,1H3;11*1H3. The van der Waals surface area contributed by atoms with E-state index in [4.69, 9.17) is 4.74 Å². The van der Waals surface area contributed by atoms with Gasteiger partial charge in [-0.25, -0.2) is 4.98 Å². The molecule has 33 N–H and O–H groups in total. The Kier molecular flexibility index (Phi) is 250. The molecule has 1 heterocycles. The van der Waals surface area contributed by atoms with Crippen LogP contribution in [0.3, 0.4) is 0 Å². The molecule has 14 heteroatoms. The fourth-order valence-corrected chi connectivity index (χ4v) is 0.718. The van der Waals surface area contributed by atoms with Gasteiger partial charge in [0.1, 0.15) is 10.4 Å². The van der Waals surface area contributed by atoms with Gasteiger partial charge in [-0.15, -0.1) is 0 Å². The number of nitrogens with zero attached hydrogens (tertiary/aromatic N) is 1. The van der Waals surface area contributed by atoms with Gasteiger partial charge in [0.25, 0.3) is 0 Å². The second-order valence-corrected chi connectivity index (χ2v) is 2.33. The molecule has 0 aliphatic carbocycles. The van der Waals surface area contributed by atoms with E-state index in [-0.39, 0.29) is 67.7 Å². The molecule has 0 bridgehead atoms. The van der Waals surface area contributed by atoms with Gasteiger partial charge < -0.3 is 72.4 Å². The first-order valence-corrected chi connectivity index (χ1v) is 3.28. The first kappa shape index (κ1) is 96.3. The summed E-state index contributed by atoms with van der Waals surface area (Å²) in [5.74, 6) is 0.776. The number of halogens is 1. The van der Waals surface area contributed by atoms with Crippen LogP contribution in [0.4, 0.5) is 0 Å². The molecular formula is C6H39BrN12O. The summed E-state index contributed by atoms with van der Waals surface area (Å²) >= 11 is 3.21. The largest absolute Gasteiger partial charge is 0.495 e. The van der Waals surface area contributed by atoms with Crippen molar-refractivity contribution >= 4 is 15.9 Å². The highest BCUT2D eigenvalue weighted by molar-refractivity contribution is 9.10. The smallest absolute Gasteiger partial charge is 0.137 e. The second kappa shape index (κ2) is 52.0. The summed E-state index contributed by atoms with van der Waals surface area (Å²) in [6, 6.07) is 3.68. The highest BCUT2D eigenvalue weighted by Gasteiger charge is 1.88. The van der Waals surface area contributed by atoms with E-state index < -0.39 is 0 Å². The zero-order chi connectivity index (χ0) is 6.69. The van der Waals surface area contributed by atoms with Gasteiger partial charge in [0, 0.05) is 0 Å². The Bertz CT molecular complexity index is 200. The predicted octanol–water partition coefficient (Wildman–Crippen LogP) is 3.63.